The number of aliphatic hydroxyl groups is 1. The zero-order valence-electron chi connectivity index (χ0n) is 8.96. The fraction of sp³-hybridized carbons (Fsp3) is 0.750. The Labute approximate surface area is 86.0 Å². The number of rotatable bonds is 4. The molecule has 0 unspecified atom stereocenters. The Bertz CT molecular complexity index is 218. The summed E-state index contributed by atoms with van der Waals surface area (Å²) in [7, 11) is 0. The van der Waals surface area contributed by atoms with E-state index in [2.05, 4.69) is 13.5 Å². The highest BCUT2D eigenvalue weighted by Gasteiger charge is 2.37. The molecule has 1 rings (SSSR count). The van der Waals surface area contributed by atoms with Gasteiger partial charge in [0.1, 0.15) is 6.29 Å². The van der Waals surface area contributed by atoms with Gasteiger partial charge in [-0.1, -0.05) is 19.1 Å². The van der Waals surface area contributed by atoms with Gasteiger partial charge in [-0.3, -0.25) is 0 Å². The number of hydrogen-bond donors (Lipinski definition) is 1. The van der Waals surface area contributed by atoms with Gasteiger partial charge < -0.3 is 9.90 Å². The van der Waals surface area contributed by atoms with Crippen LogP contribution in [0.1, 0.15) is 39.0 Å². The highest BCUT2D eigenvalue weighted by atomic mass is 16.3. The summed E-state index contributed by atoms with van der Waals surface area (Å²) in [6, 6.07) is 0. The summed E-state index contributed by atoms with van der Waals surface area (Å²) in [4.78, 5) is 10.6. The van der Waals surface area contributed by atoms with E-state index in [4.69, 9.17) is 5.11 Å². The van der Waals surface area contributed by atoms with Crippen LogP contribution in [0.25, 0.3) is 0 Å². The quantitative estimate of drug-likeness (QED) is 0.553. The average molecular weight is 196 g/mol. The van der Waals surface area contributed by atoms with E-state index in [0.29, 0.717) is 6.42 Å². The monoisotopic (exact) mass is 196 g/mol. The smallest absolute Gasteiger partial charge is 0.120 e. The van der Waals surface area contributed by atoms with Crippen molar-refractivity contribution in [1.29, 1.82) is 0 Å². The van der Waals surface area contributed by atoms with Gasteiger partial charge >= 0.3 is 0 Å². The first kappa shape index (κ1) is 11.4. The molecule has 0 aliphatic heterocycles. The standard InChI is InChI=1S/C12H20O2/c1-10-4-3-6-12(2,7-9-14)11(10)5-8-13/h8,11,14H,1,3-7,9H2,2H3/t11-,12+/m1/s1. The lowest BCUT2D eigenvalue weighted by Crippen LogP contribution is -2.33. The van der Waals surface area contributed by atoms with Crippen molar-refractivity contribution in [3.8, 4) is 0 Å². The summed E-state index contributed by atoms with van der Waals surface area (Å²) in [5.41, 5.74) is 1.28. The summed E-state index contributed by atoms with van der Waals surface area (Å²) in [6.07, 6.45) is 5.62. The molecule has 1 N–H and O–H groups in total. The number of carbonyl (C=O) groups is 1. The highest BCUT2D eigenvalue weighted by molar-refractivity contribution is 5.51. The van der Waals surface area contributed by atoms with Gasteiger partial charge in [0.05, 0.1) is 0 Å². The molecule has 0 aromatic heterocycles. The molecule has 2 heteroatoms. The predicted octanol–water partition coefficient (Wildman–Crippen LogP) is 2.32. The van der Waals surface area contributed by atoms with Crippen molar-refractivity contribution in [2.45, 2.75) is 39.0 Å². The van der Waals surface area contributed by atoms with Gasteiger partial charge in [0.25, 0.3) is 0 Å². The number of aldehydes is 1. The Balaban J connectivity index is 2.77. The summed E-state index contributed by atoms with van der Waals surface area (Å²) in [5.74, 6) is 0.279. The average Bonchev–Trinajstić information content (AvgIpc) is 2.12. The number of carbonyl (C=O) groups excluding carboxylic acids is 1. The van der Waals surface area contributed by atoms with Crippen molar-refractivity contribution < 1.29 is 9.90 Å². The third-order valence-corrected chi connectivity index (χ3v) is 3.59. The molecule has 2 nitrogen and oxygen atoms in total. The fourth-order valence-corrected chi connectivity index (χ4v) is 2.66. The Morgan fingerprint density at radius 2 is 2.43 bits per heavy atom. The second kappa shape index (κ2) is 4.74. The third kappa shape index (κ3) is 2.24. The Morgan fingerprint density at radius 1 is 1.71 bits per heavy atom. The van der Waals surface area contributed by atoms with Crippen molar-refractivity contribution in [3.05, 3.63) is 12.2 Å². The highest BCUT2D eigenvalue weighted by Crippen LogP contribution is 2.46. The SMILES string of the molecule is C=C1CCC[C@@](C)(CCO)[C@@H]1CC=O. The van der Waals surface area contributed by atoms with Gasteiger partial charge in [-0.2, -0.15) is 0 Å². The summed E-state index contributed by atoms with van der Waals surface area (Å²) in [6.45, 7) is 6.43. The first-order valence-electron chi connectivity index (χ1n) is 5.36. The van der Waals surface area contributed by atoms with Gasteiger partial charge in [-0.05, 0) is 37.0 Å². The zero-order valence-corrected chi connectivity index (χ0v) is 8.96. The fourth-order valence-electron chi connectivity index (χ4n) is 2.66. The van der Waals surface area contributed by atoms with Gasteiger partial charge in [0, 0.05) is 13.0 Å². The molecule has 2 atom stereocenters. The zero-order chi connectivity index (χ0) is 10.6. The van der Waals surface area contributed by atoms with Crippen LogP contribution in [-0.2, 0) is 4.79 Å². The van der Waals surface area contributed by atoms with Crippen molar-refractivity contribution in [3.63, 3.8) is 0 Å². The molecular weight excluding hydrogens is 176 g/mol. The van der Waals surface area contributed by atoms with Gasteiger partial charge in [0.15, 0.2) is 0 Å². The Morgan fingerprint density at radius 3 is 3.00 bits per heavy atom. The van der Waals surface area contributed by atoms with Crippen LogP contribution in [0.5, 0.6) is 0 Å². The third-order valence-electron chi connectivity index (χ3n) is 3.59. The molecule has 0 aromatic carbocycles. The summed E-state index contributed by atoms with van der Waals surface area (Å²) >= 11 is 0. The molecule has 1 aliphatic rings. The van der Waals surface area contributed by atoms with Crippen LogP contribution in [0, 0.1) is 11.3 Å². The minimum atomic E-state index is 0.0883. The van der Waals surface area contributed by atoms with Crippen molar-refractivity contribution >= 4 is 6.29 Å². The lowest BCUT2D eigenvalue weighted by Gasteiger charge is -2.42. The molecule has 1 fully saturated rings. The molecule has 80 valence electrons. The first-order chi connectivity index (χ1) is 6.64. The van der Waals surface area contributed by atoms with E-state index in [0.717, 1.165) is 32.0 Å². The van der Waals surface area contributed by atoms with E-state index in [1.54, 1.807) is 0 Å². The van der Waals surface area contributed by atoms with Crippen LogP contribution in [0.2, 0.25) is 0 Å². The van der Waals surface area contributed by atoms with E-state index in [1.807, 2.05) is 0 Å². The van der Waals surface area contributed by atoms with Gasteiger partial charge in [-0.15, -0.1) is 0 Å². The molecule has 0 radical (unpaired) electrons. The van der Waals surface area contributed by atoms with E-state index in [1.165, 1.54) is 5.57 Å². The van der Waals surface area contributed by atoms with E-state index < -0.39 is 0 Å². The second-order valence-corrected chi connectivity index (χ2v) is 4.59. The van der Waals surface area contributed by atoms with E-state index >= 15 is 0 Å². The molecule has 0 amide bonds. The maximum Gasteiger partial charge on any atom is 0.120 e. The lowest BCUT2D eigenvalue weighted by molar-refractivity contribution is -0.109. The molecule has 0 bridgehead atoms. The van der Waals surface area contributed by atoms with Crippen molar-refractivity contribution in [2.24, 2.45) is 11.3 Å². The van der Waals surface area contributed by atoms with Crippen LogP contribution in [0.15, 0.2) is 12.2 Å². The normalized spacial score (nSPS) is 33.0. The summed E-state index contributed by atoms with van der Waals surface area (Å²) < 4.78 is 0. The second-order valence-electron chi connectivity index (χ2n) is 4.59. The number of hydrogen-bond acceptors (Lipinski definition) is 2. The predicted molar refractivity (Wildman–Crippen MR) is 57.0 cm³/mol. The minimum absolute atomic E-state index is 0.0883. The largest absolute Gasteiger partial charge is 0.396 e. The topological polar surface area (TPSA) is 37.3 Å². The van der Waals surface area contributed by atoms with Crippen LogP contribution in [-0.4, -0.2) is 18.0 Å². The van der Waals surface area contributed by atoms with Crippen LogP contribution in [0.4, 0.5) is 0 Å². The maximum absolute atomic E-state index is 10.6. The van der Waals surface area contributed by atoms with Crippen LogP contribution in [0.3, 0.4) is 0 Å². The Hall–Kier alpha value is -0.630. The minimum Gasteiger partial charge on any atom is -0.396 e. The molecule has 1 saturated carbocycles. The molecule has 0 saturated heterocycles. The van der Waals surface area contributed by atoms with E-state index in [9.17, 15) is 4.79 Å². The molecule has 0 aromatic rings. The van der Waals surface area contributed by atoms with Gasteiger partial charge in [0.2, 0.25) is 0 Å². The first-order valence-corrected chi connectivity index (χ1v) is 5.36. The summed E-state index contributed by atoms with van der Waals surface area (Å²) in [5, 5.41) is 9.04. The maximum atomic E-state index is 10.6. The van der Waals surface area contributed by atoms with Crippen LogP contribution < -0.4 is 0 Å². The lowest BCUT2D eigenvalue weighted by atomic mass is 9.63. The molecule has 0 spiro atoms. The van der Waals surface area contributed by atoms with Gasteiger partial charge in [-0.25, -0.2) is 0 Å². The van der Waals surface area contributed by atoms with Crippen molar-refractivity contribution in [2.75, 3.05) is 6.61 Å². The molecule has 1 aliphatic carbocycles. The number of aliphatic hydroxyl groups excluding tert-OH is 1. The van der Waals surface area contributed by atoms with E-state index in [-0.39, 0.29) is 17.9 Å². The van der Waals surface area contributed by atoms with Crippen molar-refractivity contribution in [1.82, 2.24) is 0 Å². The number of allylic oxidation sites excluding steroid dienone is 1. The molecule has 14 heavy (non-hydrogen) atoms. The Kier molecular flexibility index (Phi) is 3.87. The van der Waals surface area contributed by atoms with Crippen LogP contribution >= 0.6 is 0 Å². The molecular formula is C12H20O2. The molecule has 0 heterocycles.